The molecule has 4 heteroatoms. The number of carbonyl (C=O) groups excluding carboxylic acids is 1. The van der Waals surface area contributed by atoms with E-state index in [2.05, 4.69) is 27.0 Å². The van der Waals surface area contributed by atoms with Gasteiger partial charge in [-0.05, 0) is 49.8 Å². The first-order valence-corrected chi connectivity index (χ1v) is 12.6. The average Bonchev–Trinajstić information content (AvgIpc) is 2.73. The van der Waals surface area contributed by atoms with Crippen molar-refractivity contribution in [3.63, 3.8) is 0 Å². The van der Waals surface area contributed by atoms with E-state index in [9.17, 15) is 4.79 Å². The second-order valence-corrected chi connectivity index (χ2v) is 11.6. The minimum atomic E-state index is -1.87. The van der Waals surface area contributed by atoms with Gasteiger partial charge in [-0.3, -0.25) is 4.89 Å². The van der Waals surface area contributed by atoms with E-state index < -0.39 is 14.0 Å². The molecule has 1 aliphatic carbocycles. The summed E-state index contributed by atoms with van der Waals surface area (Å²) in [6.45, 7) is 12.4. The predicted octanol–water partition coefficient (Wildman–Crippen LogP) is 5.81. The number of rotatable bonds is 10. The molecular weight excluding hydrogens is 352 g/mol. The van der Waals surface area contributed by atoms with Crippen molar-refractivity contribution < 1.29 is 14.6 Å². The zero-order valence-electron chi connectivity index (χ0n) is 16.8. The third kappa shape index (κ3) is 5.66. The zero-order valence-corrected chi connectivity index (χ0v) is 17.8. The van der Waals surface area contributed by atoms with Gasteiger partial charge in [0.2, 0.25) is 0 Å². The van der Waals surface area contributed by atoms with E-state index in [1.807, 2.05) is 23.5 Å². The fraction of sp³-hybridized carbons (Fsp3) is 0.478. The van der Waals surface area contributed by atoms with Gasteiger partial charge in [-0.15, -0.1) is 13.2 Å². The number of benzene rings is 1. The molecule has 0 aromatic heterocycles. The summed E-state index contributed by atoms with van der Waals surface area (Å²) in [4.78, 5) is 22.7. The van der Waals surface area contributed by atoms with Crippen molar-refractivity contribution in [2.24, 2.45) is 5.92 Å². The first-order valence-electron chi connectivity index (χ1n) is 10.2. The third-order valence-electron chi connectivity index (χ3n) is 5.84. The van der Waals surface area contributed by atoms with Crippen LogP contribution in [0.4, 0.5) is 0 Å². The topological polar surface area (TPSA) is 35.5 Å². The van der Waals surface area contributed by atoms with Crippen molar-refractivity contribution >= 4 is 19.2 Å². The van der Waals surface area contributed by atoms with Crippen LogP contribution in [0.2, 0.25) is 6.04 Å². The van der Waals surface area contributed by atoms with Crippen LogP contribution in [0.15, 0.2) is 48.8 Å². The number of unbranched alkanes of at least 4 members (excludes halogenated alkanes) is 1. The highest BCUT2D eigenvalue weighted by atomic mass is 28.3. The SMILES string of the molecule is C=C[Si](C=C)(CC)c1ccc(C(=O)OO[C]2CCC(CCCC)CC2)cc1. The van der Waals surface area contributed by atoms with E-state index in [0.717, 1.165) is 43.7 Å². The molecule has 0 atom stereocenters. The van der Waals surface area contributed by atoms with Gasteiger partial charge in [-0.1, -0.05) is 61.8 Å². The van der Waals surface area contributed by atoms with Gasteiger partial charge in [-0.25, -0.2) is 4.79 Å². The highest BCUT2D eigenvalue weighted by molar-refractivity contribution is 6.99. The van der Waals surface area contributed by atoms with Gasteiger partial charge in [0.05, 0.1) is 5.56 Å². The van der Waals surface area contributed by atoms with E-state index >= 15 is 0 Å². The quantitative estimate of drug-likeness (QED) is 0.289. The maximum atomic E-state index is 12.3. The van der Waals surface area contributed by atoms with Gasteiger partial charge in [0.1, 0.15) is 14.2 Å². The lowest BCUT2D eigenvalue weighted by Crippen LogP contribution is -2.43. The molecule has 3 nitrogen and oxygen atoms in total. The molecule has 0 saturated heterocycles. The third-order valence-corrected chi connectivity index (χ3v) is 9.87. The lowest BCUT2D eigenvalue weighted by Gasteiger charge is -2.26. The Morgan fingerprint density at radius 2 is 1.78 bits per heavy atom. The van der Waals surface area contributed by atoms with Crippen molar-refractivity contribution in [3.05, 3.63) is 60.5 Å². The van der Waals surface area contributed by atoms with Crippen LogP contribution in [-0.2, 0) is 9.78 Å². The summed E-state index contributed by atoms with van der Waals surface area (Å²) >= 11 is 0. The van der Waals surface area contributed by atoms with Crippen LogP contribution in [0.1, 0.15) is 69.2 Å². The Hall–Kier alpha value is -1.65. The molecule has 27 heavy (non-hydrogen) atoms. The maximum absolute atomic E-state index is 12.3. The molecule has 1 aliphatic rings. The number of hydrogen-bond acceptors (Lipinski definition) is 3. The van der Waals surface area contributed by atoms with Gasteiger partial charge < -0.3 is 0 Å². The van der Waals surface area contributed by atoms with E-state index in [4.69, 9.17) is 9.78 Å². The summed E-state index contributed by atoms with van der Waals surface area (Å²) in [5.74, 6) is 0.349. The van der Waals surface area contributed by atoms with Crippen LogP contribution in [0.5, 0.6) is 0 Å². The van der Waals surface area contributed by atoms with Gasteiger partial charge in [-0.2, -0.15) is 4.89 Å². The van der Waals surface area contributed by atoms with Gasteiger partial charge in [0, 0.05) is 0 Å². The molecule has 1 radical (unpaired) electrons. The maximum Gasteiger partial charge on any atom is 0.373 e. The van der Waals surface area contributed by atoms with E-state index in [1.165, 1.54) is 24.4 Å². The predicted molar refractivity (Wildman–Crippen MR) is 114 cm³/mol. The molecule has 0 unspecified atom stereocenters. The number of hydrogen-bond donors (Lipinski definition) is 0. The standard InChI is InChI=1S/C23H33O3Si/c1-5-9-10-19-11-15-21(16-12-19)25-26-23(24)20-13-17-22(18-14-20)27(6-2,7-3)8-4/h6-7,13-14,17-19H,2-3,5,8-12,15-16H2,1,4H3. The summed E-state index contributed by atoms with van der Waals surface area (Å²) in [5.41, 5.74) is 4.57. The Bertz CT molecular complexity index is 607. The average molecular weight is 386 g/mol. The zero-order chi connectivity index (χ0) is 19.7. The minimum Gasteiger partial charge on any atom is -0.292 e. The first-order chi connectivity index (χ1) is 13.1. The lowest BCUT2D eigenvalue weighted by atomic mass is 9.84. The molecule has 147 valence electrons. The van der Waals surface area contributed by atoms with E-state index in [-0.39, 0.29) is 0 Å². The van der Waals surface area contributed by atoms with Crippen LogP contribution >= 0.6 is 0 Å². The molecule has 0 heterocycles. The molecule has 1 aromatic rings. The van der Waals surface area contributed by atoms with Crippen LogP contribution in [-0.4, -0.2) is 14.0 Å². The fourth-order valence-electron chi connectivity index (χ4n) is 3.74. The molecular formula is C23H33O3Si. The Morgan fingerprint density at radius 1 is 1.15 bits per heavy atom. The molecule has 1 saturated carbocycles. The van der Waals surface area contributed by atoms with Crippen molar-refractivity contribution in [3.8, 4) is 0 Å². The summed E-state index contributed by atoms with van der Waals surface area (Å²) < 4.78 is 0. The molecule has 2 rings (SSSR count). The van der Waals surface area contributed by atoms with Crippen LogP contribution in [0.3, 0.4) is 0 Å². The fourth-order valence-corrected chi connectivity index (χ4v) is 6.15. The highest BCUT2D eigenvalue weighted by Gasteiger charge is 2.27. The molecule has 1 aromatic carbocycles. The Morgan fingerprint density at radius 3 is 2.30 bits per heavy atom. The lowest BCUT2D eigenvalue weighted by molar-refractivity contribution is -0.240. The van der Waals surface area contributed by atoms with E-state index in [0.29, 0.717) is 5.56 Å². The van der Waals surface area contributed by atoms with Crippen molar-refractivity contribution in [1.82, 2.24) is 0 Å². The Labute approximate surface area is 165 Å². The van der Waals surface area contributed by atoms with Gasteiger partial charge in [0.15, 0.2) is 0 Å². The van der Waals surface area contributed by atoms with Crippen LogP contribution in [0.25, 0.3) is 0 Å². The largest absolute Gasteiger partial charge is 0.373 e. The smallest absolute Gasteiger partial charge is 0.292 e. The molecule has 0 spiro atoms. The molecule has 1 fully saturated rings. The molecule has 0 bridgehead atoms. The van der Waals surface area contributed by atoms with Crippen molar-refractivity contribution in [2.75, 3.05) is 0 Å². The second-order valence-electron chi connectivity index (χ2n) is 7.46. The summed E-state index contributed by atoms with van der Waals surface area (Å²) in [5, 5.41) is 1.20. The summed E-state index contributed by atoms with van der Waals surface area (Å²) in [6.07, 6.45) is 8.79. The summed E-state index contributed by atoms with van der Waals surface area (Å²) in [7, 11) is -1.87. The van der Waals surface area contributed by atoms with Gasteiger partial charge in [0.25, 0.3) is 0 Å². The van der Waals surface area contributed by atoms with Crippen molar-refractivity contribution in [2.45, 2.75) is 64.8 Å². The number of carbonyl (C=O) groups is 1. The Balaban J connectivity index is 1.85. The normalized spacial score (nSPS) is 16.1. The second kappa shape index (κ2) is 10.6. The molecule has 0 amide bonds. The first kappa shape index (κ1) is 21.6. The Kier molecular flexibility index (Phi) is 8.52. The van der Waals surface area contributed by atoms with Crippen LogP contribution < -0.4 is 5.19 Å². The van der Waals surface area contributed by atoms with Gasteiger partial charge >= 0.3 is 5.97 Å². The minimum absolute atomic E-state index is 0.442. The monoisotopic (exact) mass is 385 g/mol. The van der Waals surface area contributed by atoms with Crippen molar-refractivity contribution in [1.29, 1.82) is 0 Å². The molecule has 0 N–H and O–H groups in total. The van der Waals surface area contributed by atoms with Crippen LogP contribution in [0, 0.1) is 12.0 Å². The summed E-state index contributed by atoms with van der Waals surface area (Å²) in [6, 6.07) is 8.59. The molecule has 0 aliphatic heterocycles. The van der Waals surface area contributed by atoms with E-state index in [1.54, 1.807) is 12.1 Å². The highest BCUT2D eigenvalue weighted by Crippen LogP contribution is 2.33.